The van der Waals surface area contributed by atoms with Crippen molar-refractivity contribution in [2.75, 3.05) is 26.2 Å². The number of nitrogens with zero attached hydrogens (tertiary/aromatic N) is 4. The quantitative estimate of drug-likeness (QED) is 0.263. The Morgan fingerprint density at radius 1 is 1.05 bits per heavy atom. The zero-order chi connectivity index (χ0) is 28.7. The standard InChI is InChI=1S/C29H34Cl2F2N4O3/c1-28(10-15-34(16-11-28)27(39)24-23(30)9-14-37(40)25(24)31)35-12-7-22(8-13-35)36(19-20-5-3-2-4-6-20)26(38)21-17-29(32,33)18-21/h2-6,9,14,21-22H,7-8,10-13,15-19H2,1H3. The molecule has 0 atom stereocenters. The number of halogens is 4. The first kappa shape index (κ1) is 29.0. The van der Waals surface area contributed by atoms with Gasteiger partial charge in [0.1, 0.15) is 5.56 Å². The van der Waals surface area contributed by atoms with Gasteiger partial charge in [0.2, 0.25) is 11.8 Å². The van der Waals surface area contributed by atoms with Crippen molar-refractivity contribution in [1.82, 2.24) is 14.7 Å². The first-order chi connectivity index (χ1) is 19.0. The average molecular weight is 596 g/mol. The molecule has 40 heavy (non-hydrogen) atoms. The Morgan fingerprint density at radius 3 is 2.27 bits per heavy atom. The summed E-state index contributed by atoms with van der Waals surface area (Å²) in [6.07, 6.45) is 3.46. The second-order valence-electron chi connectivity index (χ2n) is 11.6. The van der Waals surface area contributed by atoms with Crippen LogP contribution in [0.2, 0.25) is 10.2 Å². The summed E-state index contributed by atoms with van der Waals surface area (Å²) in [6.45, 7) is 5.19. The predicted octanol–water partition coefficient (Wildman–Crippen LogP) is 5.16. The van der Waals surface area contributed by atoms with E-state index in [2.05, 4.69) is 11.8 Å². The number of hydrogen-bond acceptors (Lipinski definition) is 4. The van der Waals surface area contributed by atoms with Gasteiger partial charge >= 0.3 is 5.15 Å². The lowest BCUT2D eigenvalue weighted by molar-refractivity contribution is -0.603. The summed E-state index contributed by atoms with van der Waals surface area (Å²) in [5, 5.41) is 11.8. The Hall–Kier alpha value is -2.49. The minimum absolute atomic E-state index is 0.00963. The van der Waals surface area contributed by atoms with Gasteiger partial charge in [-0.05, 0) is 49.8 Å². The van der Waals surface area contributed by atoms with Gasteiger partial charge in [-0.25, -0.2) is 8.78 Å². The summed E-state index contributed by atoms with van der Waals surface area (Å²) in [5.41, 5.74) is 0.890. The molecule has 0 N–H and O–H groups in total. The Labute approximate surface area is 243 Å². The summed E-state index contributed by atoms with van der Waals surface area (Å²) in [4.78, 5) is 32.5. The molecule has 1 saturated carbocycles. The molecule has 0 spiro atoms. The highest BCUT2D eigenvalue weighted by Crippen LogP contribution is 2.44. The third-order valence-corrected chi connectivity index (χ3v) is 9.59. The molecule has 5 rings (SSSR count). The van der Waals surface area contributed by atoms with Crippen LogP contribution in [0.15, 0.2) is 42.6 Å². The topological polar surface area (TPSA) is 70.8 Å². The van der Waals surface area contributed by atoms with E-state index in [1.807, 2.05) is 35.2 Å². The van der Waals surface area contributed by atoms with Gasteiger partial charge in [0, 0.05) is 69.1 Å². The molecule has 3 fully saturated rings. The van der Waals surface area contributed by atoms with E-state index in [9.17, 15) is 23.6 Å². The van der Waals surface area contributed by atoms with E-state index in [-0.39, 0.29) is 52.0 Å². The Morgan fingerprint density at radius 2 is 1.68 bits per heavy atom. The lowest BCUT2D eigenvalue weighted by Crippen LogP contribution is -2.59. The summed E-state index contributed by atoms with van der Waals surface area (Å²) in [7, 11) is 0. The van der Waals surface area contributed by atoms with E-state index in [0.717, 1.165) is 44.3 Å². The van der Waals surface area contributed by atoms with Gasteiger partial charge in [0.25, 0.3) is 5.91 Å². The molecule has 1 aromatic heterocycles. The van der Waals surface area contributed by atoms with Crippen LogP contribution >= 0.6 is 23.2 Å². The maximum absolute atomic E-state index is 13.6. The molecule has 7 nitrogen and oxygen atoms in total. The largest absolute Gasteiger partial charge is 0.618 e. The lowest BCUT2D eigenvalue weighted by atomic mass is 9.79. The normalized spacial score (nSPS) is 21.6. The van der Waals surface area contributed by atoms with Crippen LogP contribution < -0.4 is 4.73 Å². The summed E-state index contributed by atoms with van der Waals surface area (Å²) < 4.78 is 27.6. The van der Waals surface area contributed by atoms with E-state index < -0.39 is 11.8 Å². The number of benzene rings is 1. The number of alkyl halides is 2. The number of rotatable bonds is 6. The van der Waals surface area contributed by atoms with Crippen LogP contribution in [-0.4, -0.2) is 70.2 Å². The van der Waals surface area contributed by atoms with Crippen LogP contribution in [0.25, 0.3) is 0 Å². The fourth-order valence-electron chi connectivity index (χ4n) is 6.30. The number of piperidine rings is 2. The number of hydrogen-bond donors (Lipinski definition) is 0. The zero-order valence-corrected chi connectivity index (χ0v) is 24.0. The lowest BCUT2D eigenvalue weighted by Gasteiger charge is -2.50. The van der Waals surface area contributed by atoms with Gasteiger partial charge in [-0.3, -0.25) is 14.5 Å². The van der Waals surface area contributed by atoms with Gasteiger partial charge in [0.05, 0.1) is 5.02 Å². The minimum atomic E-state index is -2.74. The first-order valence-corrected chi connectivity index (χ1v) is 14.6. The molecule has 3 aliphatic rings. The fourth-order valence-corrected chi connectivity index (χ4v) is 6.82. The molecular formula is C29H34Cl2F2N4O3. The third-order valence-electron chi connectivity index (χ3n) is 8.92. The van der Waals surface area contributed by atoms with Gasteiger partial charge in [-0.15, -0.1) is 0 Å². The van der Waals surface area contributed by atoms with E-state index in [1.54, 1.807) is 4.90 Å². The molecule has 2 aliphatic heterocycles. The molecule has 0 unspecified atom stereocenters. The average Bonchev–Trinajstić information content (AvgIpc) is 2.93. The van der Waals surface area contributed by atoms with Crippen LogP contribution in [0.4, 0.5) is 8.78 Å². The van der Waals surface area contributed by atoms with Crippen molar-refractivity contribution in [2.45, 2.75) is 69.5 Å². The highest BCUT2D eigenvalue weighted by Gasteiger charge is 2.51. The number of carbonyl (C=O) groups is 2. The van der Waals surface area contributed by atoms with Gasteiger partial charge in [-0.1, -0.05) is 41.9 Å². The van der Waals surface area contributed by atoms with Gasteiger partial charge in [-0.2, -0.15) is 4.73 Å². The molecule has 0 radical (unpaired) electrons. The van der Waals surface area contributed by atoms with Crippen LogP contribution in [0, 0.1) is 11.1 Å². The fraction of sp³-hybridized carbons (Fsp3) is 0.552. The second-order valence-corrected chi connectivity index (χ2v) is 12.3. The molecule has 2 aromatic rings. The summed E-state index contributed by atoms with van der Waals surface area (Å²) >= 11 is 12.3. The van der Waals surface area contributed by atoms with Crippen LogP contribution in [0.5, 0.6) is 0 Å². The maximum Gasteiger partial charge on any atom is 0.300 e. The van der Waals surface area contributed by atoms with E-state index in [0.29, 0.717) is 24.4 Å². The summed E-state index contributed by atoms with van der Waals surface area (Å²) in [6, 6.07) is 11.1. The predicted molar refractivity (Wildman–Crippen MR) is 148 cm³/mol. The van der Waals surface area contributed by atoms with Crippen LogP contribution in [-0.2, 0) is 11.3 Å². The van der Waals surface area contributed by atoms with Crippen molar-refractivity contribution in [2.24, 2.45) is 5.92 Å². The van der Waals surface area contributed by atoms with Crippen molar-refractivity contribution in [1.29, 1.82) is 0 Å². The number of likely N-dealkylation sites (tertiary alicyclic amines) is 2. The van der Waals surface area contributed by atoms with Crippen LogP contribution in [0.3, 0.4) is 0 Å². The molecule has 2 amide bonds. The smallest absolute Gasteiger partial charge is 0.300 e. The monoisotopic (exact) mass is 594 g/mol. The van der Waals surface area contributed by atoms with E-state index >= 15 is 0 Å². The minimum Gasteiger partial charge on any atom is -0.618 e. The van der Waals surface area contributed by atoms with Crippen molar-refractivity contribution >= 4 is 35.0 Å². The maximum atomic E-state index is 13.6. The number of carbonyl (C=O) groups excluding carboxylic acids is 2. The van der Waals surface area contributed by atoms with Gasteiger partial charge in [0.15, 0.2) is 6.20 Å². The summed E-state index contributed by atoms with van der Waals surface area (Å²) in [5.74, 6) is -3.86. The Kier molecular flexibility index (Phi) is 8.28. The number of amides is 2. The van der Waals surface area contributed by atoms with Gasteiger partial charge < -0.3 is 15.0 Å². The SMILES string of the molecule is CC1(N2CCC(N(Cc3ccccc3)C(=O)C3CC(F)(F)C3)CC2)CCN(C(=O)c2c(Cl)cc[n+]([O-])c2Cl)CC1. The highest BCUT2D eigenvalue weighted by molar-refractivity contribution is 6.38. The molecule has 1 aromatic carbocycles. The number of aromatic nitrogens is 1. The van der Waals surface area contributed by atoms with Crippen molar-refractivity contribution < 1.29 is 23.1 Å². The second kappa shape index (κ2) is 11.4. The highest BCUT2D eigenvalue weighted by atomic mass is 35.5. The Balaban J connectivity index is 1.21. The molecule has 0 bridgehead atoms. The Bertz CT molecular complexity index is 1240. The number of pyridine rings is 1. The molecule has 216 valence electrons. The van der Waals surface area contributed by atoms with Crippen molar-refractivity contribution in [3.05, 3.63) is 69.1 Å². The van der Waals surface area contributed by atoms with E-state index in [4.69, 9.17) is 23.2 Å². The van der Waals surface area contributed by atoms with Crippen molar-refractivity contribution in [3.63, 3.8) is 0 Å². The zero-order valence-electron chi connectivity index (χ0n) is 22.5. The molecule has 2 saturated heterocycles. The molecular weight excluding hydrogens is 561 g/mol. The van der Waals surface area contributed by atoms with E-state index in [1.165, 1.54) is 12.3 Å². The van der Waals surface area contributed by atoms with Crippen molar-refractivity contribution in [3.8, 4) is 0 Å². The molecule has 1 aliphatic carbocycles. The molecule has 11 heteroatoms. The van der Waals surface area contributed by atoms with Crippen LogP contribution in [0.1, 0.15) is 61.4 Å². The molecule has 3 heterocycles. The third kappa shape index (κ3) is 5.92. The first-order valence-electron chi connectivity index (χ1n) is 13.8.